The van der Waals surface area contributed by atoms with Gasteiger partial charge in [-0.25, -0.2) is 0 Å². The number of amides is 1. The van der Waals surface area contributed by atoms with E-state index in [1.807, 2.05) is 13.8 Å². The van der Waals surface area contributed by atoms with E-state index in [9.17, 15) is 4.79 Å². The molecule has 0 aliphatic heterocycles. The fraction of sp³-hybridized carbons (Fsp3) is 0.417. The molecule has 0 fully saturated rings. The minimum absolute atomic E-state index is 0.361. The van der Waals surface area contributed by atoms with Gasteiger partial charge in [-0.3, -0.25) is 10.2 Å². The summed E-state index contributed by atoms with van der Waals surface area (Å²) in [6.07, 6.45) is 0. The van der Waals surface area contributed by atoms with Gasteiger partial charge in [0.2, 0.25) is 0 Å². The van der Waals surface area contributed by atoms with Gasteiger partial charge in [0.1, 0.15) is 0 Å². The molecule has 18 heavy (non-hydrogen) atoms. The summed E-state index contributed by atoms with van der Waals surface area (Å²) in [5.41, 5.74) is 2.40. The lowest BCUT2D eigenvalue weighted by Crippen LogP contribution is -2.51. The predicted octanol–water partition coefficient (Wildman–Crippen LogP) is 2.87. The number of hydrogen-bond donors (Lipinski definition) is 1. The van der Waals surface area contributed by atoms with E-state index in [1.165, 1.54) is 4.53 Å². The summed E-state index contributed by atoms with van der Waals surface area (Å²) in [6, 6.07) is 6.77. The number of halogens is 2. The third-order valence-electron chi connectivity index (χ3n) is 2.35. The van der Waals surface area contributed by atoms with Crippen LogP contribution in [-0.4, -0.2) is 29.7 Å². The van der Waals surface area contributed by atoms with Gasteiger partial charge in [-0.1, -0.05) is 23.7 Å². The SMILES string of the molecule is COCC(C)(C)N(Cl)NC(=O)c1ccccc1Cl. The van der Waals surface area contributed by atoms with Crippen LogP contribution < -0.4 is 5.43 Å². The highest BCUT2D eigenvalue weighted by Crippen LogP contribution is 2.18. The molecular formula is C12H16Cl2N2O2. The van der Waals surface area contributed by atoms with Crippen LogP contribution in [0.5, 0.6) is 0 Å². The van der Waals surface area contributed by atoms with Crippen LogP contribution in [0.3, 0.4) is 0 Å². The quantitative estimate of drug-likeness (QED) is 0.670. The van der Waals surface area contributed by atoms with Gasteiger partial charge in [0, 0.05) is 18.9 Å². The Morgan fingerprint density at radius 1 is 1.44 bits per heavy atom. The number of benzene rings is 1. The van der Waals surface area contributed by atoms with Crippen LogP contribution in [0, 0.1) is 0 Å². The van der Waals surface area contributed by atoms with Crippen molar-refractivity contribution >= 4 is 29.3 Å². The molecule has 0 atom stereocenters. The van der Waals surface area contributed by atoms with Gasteiger partial charge in [0.25, 0.3) is 5.91 Å². The smallest absolute Gasteiger partial charge is 0.268 e. The largest absolute Gasteiger partial charge is 0.383 e. The Kier molecular flexibility index (Phi) is 5.41. The number of nitrogens with one attached hydrogen (secondary N) is 1. The van der Waals surface area contributed by atoms with Gasteiger partial charge in [-0.15, -0.1) is 4.53 Å². The Hall–Kier alpha value is -0.810. The number of methoxy groups -OCH3 is 1. The fourth-order valence-electron chi connectivity index (χ4n) is 1.36. The molecule has 6 heteroatoms. The lowest BCUT2D eigenvalue weighted by Gasteiger charge is -2.31. The van der Waals surface area contributed by atoms with E-state index in [0.717, 1.165) is 0 Å². The van der Waals surface area contributed by atoms with Crippen LogP contribution in [-0.2, 0) is 4.74 Å². The zero-order chi connectivity index (χ0) is 13.8. The zero-order valence-corrected chi connectivity index (χ0v) is 12.0. The molecule has 100 valence electrons. The molecule has 0 spiro atoms. The van der Waals surface area contributed by atoms with Gasteiger partial charge < -0.3 is 4.74 Å². The van der Waals surface area contributed by atoms with Crippen molar-refractivity contribution in [3.8, 4) is 0 Å². The van der Waals surface area contributed by atoms with Crippen molar-refractivity contribution in [2.75, 3.05) is 13.7 Å². The maximum Gasteiger partial charge on any atom is 0.268 e. The van der Waals surface area contributed by atoms with Crippen LogP contribution in [0.25, 0.3) is 0 Å². The van der Waals surface area contributed by atoms with Crippen LogP contribution in [0.15, 0.2) is 24.3 Å². The summed E-state index contributed by atoms with van der Waals surface area (Å²) in [5.74, 6) is -0.361. The first-order valence-electron chi connectivity index (χ1n) is 5.39. The van der Waals surface area contributed by atoms with Crippen LogP contribution >= 0.6 is 23.4 Å². The summed E-state index contributed by atoms with van der Waals surface area (Å²) in [7, 11) is 1.57. The number of ether oxygens (including phenoxy) is 1. The second kappa shape index (κ2) is 6.38. The van der Waals surface area contributed by atoms with Gasteiger partial charge in [-0.2, -0.15) is 0 Å². The van der Waals surface area contributed by atoms with E-state index in [1.54, 1.807) is 31.4 Å². The average molecular weight is 291 g/mol. The molecule has 0 unspecified atom stereocenters. The summed E-state index contributed by atoms with van der Waals surface area (Å²) in [6.45, 7) is 4.06. The fourth-order valence-corrected chi connectivity index (χ4v) is 1.70. The molecule has 4 nitrogen and oxygen atoms in total. The van der Waals surface area contributed by atoms with Crippen molar-refractivity contribution in [1.29, 1.82) is 0 Å². The van der Waals surface area contributed by atoms with E-state index in [4.69, 9.17) is 28.1 Å². The molecule has 0 aromatic heterocycles. The number of carbonyl (C=O) groups is 1. The van der Waals surface area contributed by atoms with E-state index in [-0.39, 0.29) is 5.91 Å². The molecular weight excluding hydrogens is 275 g/mol. The zero-order valence-electron chi connectivity index (χ0n) is 10.5. The standard InChI is InChI=1S/C12H16Cl2N2O2/c1-12(2,8-18-3)16(14)15-11(17)9-6-4-5-7-10(9)13/h4-7H,8H2,1-3H3,(H,15,17). The number of rotatable bonds is 5. The number of nitrogens with zero attached hydrogens (tertiary/aromatic N) is 1. The molecule has 1 aromatic rings. The second-order valence-electron chi connectivity index (χ2n) is 4.45. The molecule has 0 aliphatic rings. The van der Waals surface area contributed by atoms with Gasteiger partial charge in [-0.05, 0) is 26.0 Å². The highest BCUT2D eigenvalue weighted by Gasteiger charge is 2.27. The Labute approximate surface area is 117 Å². The van der Waals surface area contributed by atoms with E-state index in [2.05, 4.69) is 5.43 Å². The van der Waals surface area contributed by atoms with Crippen molar-refractivity contribution in [3.63, 3.8) is 0 Å². The summed E-state index contributed by atoms with van der Waals surface area (Å²) in [4.78, 5) is 12.0. The molecule has 1 rings (SSSR count). The molecule has 1 amide bonds. The normalized spacial score (nSPS) is 11.7. The highest BCUT2D eigenvalue weighted by atomic mass is 35.5. The van der Waals surface area contributed by atoms with Crippen molar-refractivity contribution < 1.29 is 9.53 Å². The predicted molar refractivity (Wildman–Crippen MR) is 72.6 cm³/mol. The van der Waals surface area contributed by atoms with Crippen LogP contribution in [0.4, 0.5) is 0 Å². The van der Waals surface area contributed by atoms with Crippen LogP contribution in [0.1, 0.15) is 24.2 Å². The molecule has 0 bridgehead atoms. The van der Waals surface area contributed by atoms with E-state index in [0.29, 0.717) is 17.2 Å². The Morgan fingerprint density at radius 2 is 2.06 bits per heavy atom. The molecule has 0 saturated carbocycles. The summed E-state index contributed by atoms with van der Waals surface area (Å²) >= 11 is 12.0. The Morgan fingerprint density at radius 3 is 2.61 bits per heavy atom. The molecule has 1 N–H and O–H groups in total. The topological polar surface area (TPSA) is 41.6 Å². The first-order chi connectivity index (χ1) is 8.38. The van der Waals surface area contributed by atoms with Crippen molar-refractivity contribution in [2.24, 2.45) is 0 Å². The monoisotopic (exact) mass is 290 g/mol. The highest BCUT2D eigenvalue weighted by molar-refractivity contribution is 6.33. The third kappa shape index (κ3) is 3.85. The maximum atomic E-state index is 12.0. The molecule has 0 heterocycles. The Balaban J connectivity index is 2.74. The van der Waals surface area contributed by atoms with Crippen molar-refractivity contribution in [3.05, 3.63) is 34.9 Å². The van der Waals surface area contributed by atoms with E-state index < -0.39 is 5.54 Å². The summed E-state index contributed by atoms with van der Waals surface area (Å²) in [5, 5.41) is 0.379. The molecule has 0 aliphatic carbocycles. The average Bonchev–Trinajstić information content (AvgIpc) is 2.29. The molecule has 1 aromatic carbocycles. The van der Waals surface area contributed by atoms with Crippen LogP contribution in [0.2, 0.25) is 5.02 Å². The van der Waals surface area contributed by atoms with Gasteiger partial charge >= 0.3 is 0 Å². The van der Waals surface area contributed by atoms with Gasteiger partial charge in [0.05, 0.1) is 22.7 Å². The Bertz CT molecular complexity index is 424. The van der Waals surface area contributed by atoms with Crippen molar-refractivity contribution in [1.82, 2.24) is 9.95 Å². The van der Waals surface area contributed by atoms with E-state index >= 15 is 0 Å². The second-order valence-corrected chi connectivity index (χ2v) is 5.19. The number of hydrazine groups is 1. The summed E-state index contributed by atoms with van der Waals surface area (Å²) < 4.78 is 6.23. The first-order valence-corrected chi connectivity index (χ1v) is 6.10. The molecule has 0 radical (unpaired) electrons. The van der Waals surface area contributed by atoms with Gasteiger partial charge in [0.15, 0.2) is 0 Å². The first kappa shape index (κ1) is 15.2. The third-order valence-corrected chi connectivity index (χ3v) is 3.22. The lowest BCUT2D eigenvalue weighted by molar-refractivity contribution is 0.0504. The molecule has 0 saturated heterocycles. The lowest BCUT2D eigenvalue weighted by atomic mass is 10.1. The number of hydrogen-bond acceptors (Lipinski definition) is 3. The minimum Gasteiger partial charge on any atom is -0.383 e. The minimum atomic E-state index is -0.535. The van der Waals surface area contributed by atoms with Crippen molar-refractivity contribution in [2.45, 2.75) is 19.4 Å². The number of carbonyl (C=O) groups excluding carboxylic acids is 1. The maximum absolute atomic E-state index is 12.0.